The largest absolute Gasteiger partial charge is 0.454 e. The topological polar surface area (TPSA) is 58.2 Å². The molecule has 0 aliphatic carbocycles. The lowest BCUT2D eigenvalue weighted by atomic mass is 10.0. The van der Waals surface area contributed by atoms with Crippen molar-refractivity contribution < 1.29 is 22.8 Å². The molecule has 0 spiro atoms. The summed E-state index contributed by atoms with van der Waals surface area (Å²) < 4.78 is 37.3. The Morgan fingerprint density at radius 2 is 1.74 bits per heavy atom. The van der Waals surface area contributed by atoms with Crippen LogP contribution in [0.4, 0.5) is 18.9 Å². The number of hydrogen-bond acceptors (Lipinski definition) is 3. The van der Waals surface area contributed by atoms with Crippen molar-refractivity contribution in [1.82, 2.24) is 5.32 Å². The Morgan fingerprint density at radius 1 is 1.17 bits per heavy atom. The van der Waals surface area contributed by atoms with Crippen LogP contribution in [0.2, 0.25) is 0 Å². The third-order valence-electron chi connectivity index (χ3n) is 2.85. The van der Waals surface area contributed by atoms with E-state index in [0.29, 0.717) is 11.8 Å². The molecule has 0 aromatic heterocycles. The van der Waals surface area contributed by atoms with Crippen molar-refractivity contribution in [2.24, 2.45) is 5.92 Å². The number of allylic oxidation sites excluding steroid dienone is 1. The summed E-state index contributed by atoms with van der Waals surface area (Å²) in [5.41, 5.74) is 0.582. The minimum Gasteiger partial charge on any atom is -0.379 e. The highest BCUT2D eigenvalue weighted by Gasteiger charge is 2.36. The molecule has 1 atom stereocenters. The van der Waals surface area contributed by atoms with Crippen LogP contribution < -0.4 is 10.6 Å². The molecule has 1 aromatic carbocycles. The van der Waals surface area contributed by atoms with Gasteiger partial charge in [0.1, 0.15) is 6.04 Å². The van der Waals surface area contributed by atoms with Crippen molar-refractivity contribution in [2.75, 3.05) is 5.32 Å². The van der Waals surface area contributed by atoms with Crippen LogP contribution in [0.5, 0.6) is 0 Å². The first-order chi connectivity index (χ1) is 10.6. The lowest BCUT2D eigenvalue weighted by molar-refractivity contribution is -0.165. The van der Waals surface area contributed by atoms with Gasteiger partial charge < -0.3 is 10.6 Å². The smallest absolute Gasteiger partial charge is 0.379 e. The fraction of sp³-hybridized carbons (Fsp3) is 0.333. The normalized spacial score (nSPS) is 13.2. The van der Waals surface area contributed by atoms with Gasteiger partial charge in [-0.2, -0.15) is 13.2 Å². The maximum Gasteiger partial charge on any atom is 0.454 e. The Kier molecular flexibility index (Phi) is 7.04. The van der Waals surface area contributed by atoms with Gasteiger partial charge >= 0.3 is 6.18 Å². The molecule has 1 amide bonds. The van der Waals surface area contributed by atoms with Crippen molar-refractivity contribution in [2.45, 2.75) is 26.1 Å². The van der Waals surface area contributed by atoms with E-state index >= 15 is 0 Å². The molecule has 0 heterocycles. The second-order valence-corrected chi connectivity index (χ2v) is 6.33. The van der Waals surface area contributed by atoms with E-state index in [-0.39, 0.29) is 5.92 Å². The molecule has 0 aliphatic heterocycles. The van der Waals surface area contributed by atoms with Gasteiger partial charge in [0.2, 0.25) is 5.91 Å². The molecule has 2 N–H and O–H groups in total. The molecule has 0 saturated heterocycles. The summed E-state index contributed by atoms with van der Waals surface area (Å²) in [6, 6.07) is 6.30. The summed E-state index contributed by atoms with van der Waals surface area (Å²) in [4.78, 5) is 23.0. The van der Waals surface area contributed by atoms with Crippen molar-refractivity contribution in [3.05, 3.63) is 40.1 Å². The van der Waals surface area contributed by atoms with E-state index < -0.39 is 23.9 Å². The predicted molar refractivity (Wildman–Crippen MR) is 89.8 cm³/mol. The molecule has 0 radical (unpaired) electrons. The van der Waals surface area contributed by atoms with Crippen molar-refractivity contribution >= 4 is 40.0 Å². The third-order valence-corrected chi connectivity index (χ3v) is 3.57. The number of rotatable bonds is 6. The van der Waals surface area contributed by atoms with Gasteiger partial charge in [0.05, 0.1) is 0 Å². The van der Waals surface area contributed by atoms with Crippen LogP contribution in [0.15, 0.2) is 36.5 Å². The highest BCUT2D eigenvalue weighted by Crippen LogP contribution is 2.16. The van der Waals surface area contributed by atoms with E-state index in [4.69, 9.17) is 0 Å². The minimum atomic E-state index is -4.92. The highest BCUT2D eigenvalue weighted by atomic mass is 127. The Bertz CT molecular complexity index is 583. The van der Waals surface area contributed by atoms with E-state index in [9.17, 15) is 22.8 Å². The molecule has 1 unspecified atom stereocenters. The molecule has 4 nitrogen and oxygen atoms in total. The molecule has 0 bridgehead atoms. The second kappa shape index (κ2) is 8.32. The zero-order valence-corrected chi connectivity index (χ0v) is 14.6. The van der Waals surface area contributed by atoms with Crippen LogP contribution >= 0.6 is 22.6 Å². The van der Waals surface area contributed by atoms with E-state index in [1.807, 2.05) is 12.1 Å². The van der Waals surface area contributed by atoms with E-state index in [0.717, 1.165) is 9.77 Å². The summed E-state index contributed by atoms with van der Waals surface area (Å²) >= 11 is 2.13. The SMILES string of the molecule is CC(C)C(NC=CC(=O)C(F)(F)F)C(=O)Nc1ccc(I)cc1. The predicted octanol–water partition coefficient (Wildman–Crippen LogP) is 3.49. The quantitative estimate of drug-likeness (QED) is 0.526. The van der Waals surface area contributed by atoms with Crippen molar-refractivity contribution in [3.63, 3.8) is 0 Å². The van der Waals surface area contributed by atoms with E-state index in [2.05, 4.69) is 33.2 Å². The van der Waals surface area contributed by atoms with Crippen LogP contribution in [0.25, 0.3) is 0 Å². The minimum absolute atomic E-state index is 0.190. The van der Waals surface area contributed by atoms with E-state index in [1.54, 1.807) is 26.0 Å². The van der Waals surface area contributed by atoms with Crippen molar-refractivity contribution in [1.29, 1.82) is 0 Å². The van der Waals surface area contributed by atoms with Crippen LogP contribution in [0.1, 0.15) is 13.8 Å². The number of nitrogens with one attached hydrogen (secondary N) is 2. The fourth-order valence-corrected chi connectivity index (χ4v) is 2.01. The number of benzene rings is 1. The van der Waals surface area contributed by atoms with Gasteiger partial charge in [0, 0.05) is 21.5 Å². The Labute approximate surface area is 145 Å². The molecular weight excluding hydrogens is 424 g/mol. The number of hydrogen-bond donors (Lipinski definition) is 2. The van der Waals surface area contributed by atoms with Crippen LogP contribution in [0, 0.1) is 9.49 Å². The molecule has 0 fully saturated rings. The van der Waals surface area contributed by atoms with Gasteiger partial charge in [-0.25, -0.2) is 0 Å². The first-order valence-corrected chi connectivity index (χ1v) is 7.79. The highest BCUT2D eigenvalue weighted by molar-refractivity contribution is 14.1. The van der Waals surface area contributed by atoms with Crippen LogP contribution in [0.3, 0.4) is 0 Å². The molecule has 126 valence electrons. The molecule has 0 aliphatic rings. The van der Waals surface area contributed by atoms with Gasteiger partial charge in [-0.15, -0.1) is 0 Å². The lowest BCUT2D eigenvalue weighted by Gasteiger charge is -2.20. The van der Waals surface area contributed by atoms with Gasteiger partial charge in [-0.1, -0.05) is 13.8 Å². The number of alkyl halides is 3. The molecule has 1 aromatic rings. The molecular formula is C15H16F3IN2O2. The summed E-state index contributed by atoms with van der Waals surface area (Å²) in [6.45, 7) is 3.48. The van der Waals surface area contributed by atoms with Gasteiger partial charge in [-0.05, 0) is 52.8 Å². The van der Waals surface area contributed by atoms with Crippen LogP contribution in [-0.4, -0.2) is 23.9 Å². The monoisotopic (exact) mass is 440 g/mol. The summed E-state index contributed by atoms with van der Waals surface area (Å²) in [6.07, 6.45) is -3.70. The Balaban J connectivity index is 2.70. The summed E-state index contributed by atoms with van der Waals surface area (Å²) in [5.74, 6) is -2.57. The number of amides is 1. The average Bonchev–Trinajstić information content (AvgIpc) is 2.44. The number of anilines is 1. The summed E-state index contributed by atoms with van der Waals surface area (Å²) in [5, 5.41) is 5.21. The maximum absolute atomic E-state index is 12.2. The number of carbonyl (C=O) groups excluding carboxylic acids is 2. The first-order valence-electron chi connectivity index (χ1n) is 6.71. The lowest BCUT2D eigenvalue weighted by Crippen LogP contribution is -2.42. The molecule has 0 saturated carbocycles. The van der Waals surface area contributed by atoms with Crippen LogP contribution in [-0.2, 0) is 9.59 Å². The zero-order chi connectivity index (χ0) is 17.6. The number of carbonyl (C=O) groups is 2. The average molecular weight is 440 g/mol. The molecule has 1 rings (SSSR count). The van der Waals surface area contributed by atoms with Gasteiger partial charge in [-0.3, -0.25) is 9.59 Å². The maximum atomic E-state index is 12.2. The Morgan fingerprint density at radius 3 is 2.22 bits per heavy atom. The zero-order valence-electron chi connectivity index (χ0n) is 12.4. The second-order valence-electron chi connectivity index (χ2n) is 5.08. The van der Waals surface area contributed by atoms with Gasteiger partial charge in [0.25, 0.3) is 5.78 Å². The first kappa shape index (κ1) is 19.5. The van der Waals surface area contributed by atoms with Crippen molar-refractivity contribution in [3.8, 4) is 0 Å². The number of ketones is 1. The van der Waals surface area contributed by atoms with Gasteiger partial charge in [0.15, 0.2) is 0 Å². The number of halogens is 4. The standard InChI is InChI=1S/C15H16F3IN2O2/c1-9(2)13(20-8-7-12(22)15(16,17)18)14(23)21-11-5-3-10(19)4-6-11/h3-9,13,20H,1-2H3,(H,21,23). The molecule has 23 heavy (non-hydrogen) atoms. The van der Waals surface area contributed by atoms with E-state index in [1.165, 1.54) is 0 Å². The summed E-state index contributed by atoms with van der Waals surface area (Å²) in [7, 11) is 0. The molecule has 8 heteroatoms. The fourth-order valence-electron chi connectivity index (χ4n) is 1.65. The Hall–Kier alpha value is -1.58. The third kappa shape index (κ3) is 6.59.